The van der Waals surface area contributed by atoms with Gasteiger partial charge in [0.25, 0.3) is 17.0 Å². The number of hydrogen-bond donors (Lipinski definition) is 4. The van der Waals surface area contributed by atoms with Crippen molar-refractivity contribution in [1.82, 2.24) is 29.2 Å². The van der Waals surface area contributed by atoms with Gasteiger partial charge in [0.05, 0.1) is 29.6 Å². The number of fused-ring (bicyclic) bond motifs is 2. The molecule has 2 saturated heterocycles. The Morgan fingerprint density at radius 2 is 1.64 bits per heavy atom. The largest absolute Gasteiger partial charge is 0.392 e. The molecule has 4 N–H and O–H groups in total. The molecule has 6 aromatic rings. The molecule has 1 saturated carbocycles. The number of halogens is 1. The molecule has 3 amide bonds. The normalized spacial score (nSPS) is 18.1. The Balaban J connectivity index is 0.702. The number of anilines is 4. The molecule has 72 heavy (non-hydrogen) atoms. The van der Waals surface area contributed by atoms with Crippen molar-refractivity contribution >= 4 is 51.4 Å². The molecule has 3 atom stereocenters. The van der Waals surface area contributed by atoms with Crippen molar-refractivity contribution in [3.05, 3.63) is 140 Å². The van der Waals surface area contributed by atoms with Crippen LogP contribution in [0.1, 0.15) is 91.8 Å². The third-order valence-electron chi connectivity index (χ3n) is 15.1. The van der Waals surface area contributed by atoms with Gasteiger partial charge in [0.15, 0.2) is 0 Å². The summed E-state index contributed by atoms with van der Waals surface area (Å²) in [5.41, 5.74) is 6.04. The predicted molar refractivity (Wildman–Crippen MR) is 277 cm³/mol. The smallest absolute Gasteiger partial charge is 0.274 e. The van der Waals surface area contributed by atoms with E-state index in [4.69, 9.17) is 4.98 Å². The Morgan fingerprint density at radius 1 is 0.861 bits per heavy atom. The summed E-state index contributed by atoms with van der Waals surface area (Å²) >= 11 is 0. The van der Waals surface area contributed by atoms with Crippen molar-refractivity contribution in [2.24, 2.45) is 18.9 Å². The zero-order valence-corrected chi connectivity index (χ0v) is 41.1. The number of benzene rings is 3. The molecule has 3 aromatic carbocycles. The molecule has 3 aliphatic heterocycles. The second kappa shape index (κ2) is 20.5. The summed E-state index contributed by atoms with van der Waals surface area (Å²) in [5.74, 6) is 0.527. The molecule has 3 fully saturated rings. The number of aromatic nitrogens is 3. The quantitative estimate of drug-likeness (QED) is 0.0670. The highest BCUT2D eigenvalue weighted by atomic mass is 19.1. The molecule has 0 spiro atoms. The Labute approximate surface area is 417 Å². The van der Waals surface area contributed by atoms with Crippen LogP contribution in [0.3, 0.4) is 0 Å². The average Bonchev–Trinajstić information content (AvgIpc) is 4.18. The standard InChI is InChI=1S/C56H62FN9O6/c1-34(16-19-58-46-8-4-7-42-43(46)32-66(54(42)70)49-13-15-51(68)61-53(49)69)26-35(2)17-20-63-22-24-64(25-23-63)40-12-14-50(59-30-40)60-47-29-39(31-62(3)55(47)71)41-6-5-9-48(44(41)33-67)65-21-18-37-27-38(36-10-11-36)28-45(57)52(37)56(65)72/h4-9,12,14,18,21,27-31,34-36,49,58,67H,10-11,13,15-17,19-20,22-26,32-33H2,1-3H3,(H,59,60)(H,61,68,69). The van der Waals surface area contributed by atoms with Crippen molar-refractivity contribution in [3.63, 3.8) is 0 Å². The number of piperazine rings is 1. The van der Waals surface area contributed by atoms with Gasteiger partial charge in [-0.25, -0.2) is 9.37 Å². The highest BCUT2D eigenvalue weighted by Gasteiger charge is 2.40. The molecular weight excluding hydrogens is 914 g/mol. The first-order valence-electron chi connectivity index (χ1n) is 25.3. The van der Waals surface area contributed by atoms with E-state index in [-0.39, 0.29) is 29.2 Å². The molecule has 374 valence electrons. The monoisotopic (exact) mass is 975 g/mol. The van der Waals surface area contributed by atoms with Crippen LogP contribution in [0.2, 0.25) is 0 Å². The molecule has 0 radical (unpaired) electrons. The van der Waals surface area contributed by atoms with Crippen LogP contribution in [0.4, 0.5) is 27.3 Å². The maximum atomic E-state index is 15.4. The maximum absolute atomic E-state index is 15.4. The van der Waals surface area contributed by atoms with Gasteiger partial charge in [-0.3, -0.25) is 38.8 Å². The lowest BCUT2D eigenvalue weighted by molar-refractivity contribution is -0.136. The minimum atomic E-state index is -0.630. The number of aliphatic hydroxyl groups excluding tert-OH is 1. The second-order valence-electron chi connectivity index (χ2n) is 20.3. The van der Waals surface area contributed by atoms with Crippen LogP contribution in [0.15, 0.2) is 101 Å². The minimum absolute atomic E-state index is 0.00933. The van der Waals surface area contributed by atoms with Gasteiger partial charge in [-0.15, -0.1) is 0 Å². The van der Waals surface area contributed by atoms with Gasteiger partial charge < -0.3 is 30.1 Å². The van der Waals surface area contributed by atoms with Gasteiger partial charge in [0.1, 0.15) is 23.4 Å². The molecule has 15 nitrogen and oxygen atoms in total. The van der Waals surface area contributed by atoms with Gasteiger partial charge in [-0.05, 0) is 128 Å². The highest BCUT2D eigenvalue weighted by molar-refractivity contribution is 6.06. The van der Waals surface area contributed by atoms with Crippen molar-refractivity contribution in [2.75, 3.05) is 54.8 Å². The first-order chi connectivity index (χ1) is 34.8. The van der Waals surface area contributed by atoms with E-state index < -0.39 is 29.9 Å². The van der Waals surface area contributed by atoms with Gasteiger partial charge in [-0.2, -0.15) is 0 Å². The summed E-state index contributed by atoms with van der Waals surface area (Å²) in [6, 6.07) is 21.1. The number of nitrogens with one attached hydrogen (secondary N) is 3. The van der Waals surface area contributed by atoms with Crippen LogP contribution >= 0.6 is 0 Å². The minimum Gasteiger partial charge on any atom is -0.392 e. The number of hydrogen-bond acceptors (Lipinski definition) is 11. The summed E-state index contributed by atoms with van der Waals surface area (Å²) in [4.78, 5) is 75.9. The fourth-order valence-corrected chi connectivity index (χ4v) is 10.9. The van der Waals surface area contributed by atoms with Crippen molar-refractivity contribution < 1.29 is 23.9 Å². The van der Waals surface area contributed by atoms with E-state index in [0.29, 0.717) is 75.6 Å². The molecule has 3 aromatic heterocycles. The molecular formula is C56H62FN9O6. The van der Waals surface area contributed by atoms with Crippen molar-refractivity contribution in [3.8, 4) is 16.8 Å². The van der Waals surface area contributed by atoms with E-state index in [2.05, 4.69) is 39.6 Å². The lowest BCUT2D eigenvalue weighted by Crippen LogP contribution is -2.52. The third kappa shape index (κ3) is 10.0. The lowest BCUT2D eigenvalue weighted by Gasteiger charge is -2.36. The van der Waals surface area contributed by atoms with Gasteiger partial charge in [-0.1, -0.05) is 38.1 Å². The number of carbonyl (C=O) groups is 3. The fraction of sp³-hybridized carbons (Fsp3) is 0.393. The van der Waals surface area contributed by atoms with Gasteiger partial charge in [0.2, 0.25) is 11.8 Å². The van der Waals surface area contributed by atoms with Crippen LogP contribution in [-0.4, -0.2) is 92.1 Å². The molecule has 3 unspecified atom stereocenters. The SMILES string of the molecule is CC(CCNc1cccc2c1CN(C1CCC(=O)NC1=O)C2=O)CC(C)CCN1CCN(c2ccc(Nc3cc(-c4cccc(-n5ccc6cc(C7CC7)cc(F)c6c5=O)c4CO)cn(C)c3=O)nc2)CC1. The Kier molecular flexibility index (Phi) is 13.8. The van der Waals surface area contributed by atoms with E-state index in [1.54, 1.807) is 48.6 Å². The lowest BCUT2D eigenvalue weighted by atomic mass is 9.92. The molecule has 6 heterocycles. The number of rotatable bonds is 17. The van der Waals surface area contributed by atoms with Gasteiger partial charge in [0, 0.05) is 93.1 Å². The van der Waals surface area contributed by atoms with Crippen LogP contribution < -0.4 is 32.0 Å². The maximum Gasteiger partial charge on any atom is 0.274 e. The Morgan fingerprint density at radius 3 is 2.39 bits per heavy atom. The first kappa shape index (κ1) is 48.5. The summed E-state index contributed by atoms with van der Waals surface area (Å²) in [6.07, 6.45) is 11.0. The zero-order chi connectivity index (χ0) is 50.2. The molecule has 1 aliphatic carbocycles. The number of piperidine rings is 1. The predicted octanol–water partition coefficient (Wildman–Crippen LogP) is 7.44. The van der Waals surface area contributed by atoms with Crippen molar-refractivity contribution in [2.45, 2.75) is 83.9 Å². The summed E-state index contributed by atoms with van der Waals surface area (Å²) in [6.45, 7) is 10.1. The molecule has 0 bridgehead atoms. The van der Waals surface area contributed by atoms with Crippen LogP contribution in [0, 0.1) is 17.7 Å². The molecule has 10 rings (SSSR count). The van der Waals surface area contributed by atoms with Crippen LogP contribution in [0.5, 0.6) is 0 Å². The topological polar surface area (TPSA) is 174 Å². The highest BCUT2D eigenvalue weighted by Crippen LogP contribution is 2.41. The van der Waals surface area contributed by atoms with Crippen LogP contribution in [0.25, 0.3) is 27.6 Å². The average molecular weight is 976 g/mol. The summed E-state index contributed by atoms with van der Waals surface area (Å²) in [7, 11) is 1.66. The summed E-state index contributed by atoms with van der Waals surface area (Å²) in [5, 5.41) is 20.5. The number of amides is 3. The number of aliphatic hydroxyl groups is 1. The molecule has 4 aliphatic rings. The number of nitrogens with zero attached hydrogens (tertiary/aromatic N) is 6. The number of imide groups is 1. The van der Waals surface area contributed by atoms with Crippen LogP contribution in [-0.2, 0) is 29.8 Å². The molecule has 16 heteroatoms. The van der Waals surface area contributed by atoms with E-state index in [9.17, 15) is 29.1 Å². The zero-order valence-electron chi connectivity index (χ0n) is 41.1. The van der Waals surface area contributed by atoms with Crippen molar-refractivity contribution in [1.29, 1.82) is 0 Å². The number of carbonyl (C=O) groups excluding carboxylic acids is 3. The third-order valence-corrected chi connectivity index (χ3v) is 15.1. The number of aryl methyl sites for hydroxylation is 1. The first-order valence-corrected chi connectivity index (χ1v) is 25.3. The van der Waals surface area contributed by atoms with E-state index in [0.717, 1.165) is 93.9 Å². The summed E-state index contributed by atoms with van der Waals surface area (Å²) < 4.78 is 18.3. The van der Waals surface area contributed by atoms with E-state index >= 15 is 4.39 Å². The second-order valence-corrected chi connectivity index (χ2v) is 20.3. The Bertz CT molecular complexity index is 3180. The van der Waals surface area contributed by atoms with E-state index in [1.807, 2.05) is 48.7 Å². The number of pyridine rings is 3. The fourth-order valence-electron chi connectivity index (χ4n) is 10.9. The van der Waals surface area contributed by atoms with E-state index in [1.165, 1.54) is 15.2 Å². The van der Waals surface area contributed by atoms with Gasteiger partial charge >= 0.3 is 0 Å². The Hall–Kier alpha value is -7.17.